The van der Waals surface area contributed by atoms with E-state index in [-0.39, 0.29) is 10.6 Å². The van der Waals surface area contributed by atoms with Crippen LogP contribution in [0.15, 0.2) is 23.1 Å². The molecule has 0 saturated carbocycles. The quantitative estimate of drug-likeness (QED) is 0.671. The number of anilines is 1. The van der Waals surface area contributed by atoms with E-state index in [1.807, 2.05) is 4.90 Å². The average molecular weight is 299 g/mol. The summed E-state index contributed by atoms with van der Waals surface area (Å²) in [6.45, 7) is 1.53. The number of nitro groups is 1. The third kappa shape index (κ3) is 2.91. The number of nitrogens with zero attached hydrogens (tertiary/aromatic N) is 2. The molecule has 8 heteroatoms. The predicted molar refractivity (Wildman–Crippen MR) is 75.4 cm³/mol. The zero-order valence-electron chi connectivity index (χ0n) is 11.2. The molecule has 1 saturated heterocycles. The predicted octanol–water partition coefficient (Wildman–Crippen LogP) is 1.49. The van der Waals surface area contributed by atoms with Gasteiger partial charge in [0.25, 0.3) is 5.69 Å². The van der Waals surface area contributed by atoms with E-state index < -0.39 is 14.9 Å². The standard InChI is InChI=1S/C12H17N3O4S/c1-13-20(18,19)10-5-6-11(12(9-10)15(16)17)14-7-3-2-4-8-14/h5-6,9,13H,2-4,7-8H2,1H3. The maximum Gasteiger partial charge on any atom is 0.293 e. The second-order valence-electron chi connectivity index (χ2n) is 4.66. The molecule has 1 N–H and O–H groups in total. The summed E-state index contributed by atoms with van der Waals surface area (Å²) in [5.41, 5.74) is 0.327. The van der Waals surface area contributed by atoms with Gasteiger partial charge in [0.15, 0.2) is 0 Å². The fraction of sp³-hybridized carbons (Fsp3) is 0.500. The number of piperidine rings is 1. The number of hydrogen-bond acceptors (Lipinski definition) is 5. The van der Waals surface area contributed by atoms with Crippen LogP contribution in [0.5, 0.6) is 0 Å². The van der Waals surface area contributed by atoms with Crippen molar-refractivity contribution in [2.24, 2.45) is 0 Å². The van der Waals surface area contributed by atoms with Gasteiger partial charge in [-0.05, 0) is 38.4 Å². The number of sulfonamides is 1. The Morgan fingerprint density at radius 3 is 2.45 bits per heavy atom. The largest absolute Gasteiger partial charge is 0.366 e. The minimum absolute atomic E-state index is 0.0903. The minimum Gasteiger partial charge on any atom is -0.366 e. The second kappa shape index (κ2) is 5.76. The lowest BCUT2D eigenvalue weighted by Gasteiger charge is -2.28. The molecule has 0 unspecified atom stereocenters. The summed E-state index contributed by atoms with van der Waals surface area (Å²) in [4.78, 5) is 12.5. The molecule has 110 valence electrons. The van der Waals surface area contributed by atoms with Crippen molar-refractivity contribution in [3.05, 3.63) is 28.3 Å². The second-order valence-corrected chi connectivity index (χ2v) is 6.55. The molecule has 1 aromatic rings. The number of nitro benzene ring substituents is 1. The summed E-state index contributed by atoms with van der Waals surface area (Å²) >= 11 is 0. The van der Waals surface area contributed by atoms with Gasteiger partial charge in [0.05, 0.1) is 9.82 Å². The van der Waals surface area contributed by atoms with E-state index >= 15 is 0 Å². The van der Waals surface area contributed by atoms with Crippen molar-refractivity contribution in [1.29, 1.82) is 0 Å². The third-order valence-electron chi connectivity index (χ3n) is 3.42. The lowest BCUT2D eigenvalue weighted by atomic mass is 10.1. The van der Waals surface area contributed by atoms with Crippen molar-refractivity contribution in [3.63, 3.8) is 0 Å². The molecule has 1 heterocycles. The first-order chi connectivity index (χ1) is 9.45. The molecule has 1 aromatic carbocycles. The molecule has 1 fully saturated rings. The summed E-state index contributed by atoms with van der Waals surface area (Å²) < 4.78 is 25.6. The molecule has 0 atom stereocenters. The summed E-state index contributed by atoms with van der Waals surface area (Å²) in [6.07, 6.45) is 3.11. The lowest BCUT2D eigenvalue weighted by molar-refractivity contribution is -0.384. The summed E-state index contributed by atoms with van der Waals surface area (Å²) in [7, 11) is -2.40. The van der Waals surface area contributed by atoms with Gasteiger partial charge in [-0.1, -0.05) is 0 Å². The Hall–Kier alpha value is -1.67. The molecule has 0 amide bonds. The van der Waals surface area contributed by atoms with Crippen molar-refractivity contribution >= 4 is 21.4 Å². The molecule has 20 heavy (non-hydrogen) atoms. The zero-order chi connectivity index (χ0) is 14.8. The maximum absolute atomic E-state index is 11.7. The highest BCUT2D eigenvalue weighted by molar-refractivity contribution is 7.89. The first-order valence-corrected chi connectivity index (χ1v) is 7.91. The van der Waals surface area contributed by atoms with E-state index in [4.69, 9.17) is 0 Å². The van der Waals surface area contributed by atoms with Crippen molar-refractivity contribution in [2.45, 2.75) is 24.2 Å². The number of nitrogens with one attached hydrogen (secondary N) is 1. The summed E-state index contributed by atoms with van der Waals surface area (Å²) in [5, 5.41) is 11.2. The summed E-state index contributed by atoms with van der Waals surface area (Å²) in [6, 6.07) is 4.05. The maximum atomic E-state index is 11.7. The number of rotatable bonds is 4. The molecule has 0 aromatic heterocycles. The molecule has 0 aliphatic carbocycles. The Bertz CT molecular complexity index is 609. The van der Waals surface area contributed by atoms with Crippen LogP contribution in [0.4, 0.5) is 11.4 Å². The van der Waals surface area contributed by atoms with Gasteiger partial charge in [-0.2, -0.15) is 0 Å². The van der Waals surface area contributed by atoms with Crippen LogP contribution in [0.1, 0.15) is 19.3 Å². The Kier molecular flexibility index (Phi) is 4.24. The Morgan fingerprint density at radius 1 is 1.25 bits per heavy atom. The Labute approximate surface area is 117 Å². The average Bonchev–Trinajstić information content (AvgIpc) is 2.47. The normalized spacial score (nSPS) is 16.1. The van der Waals surface area contributed by atoms with Crippen molar-refractivity contribution in [2.75, 3.05) is 25.0 Å². The third-order valence-corrected chi connectivity index (χ3v) is 4.83. The molecule has 2 rings (SSSR count). The molecule has 1 aliphatic heterocycles. The van der Waals surface area contributed by atoms with E-state index in [1.165, 1.54) is 19.2 Å². The fourth-order valence-electron chi connectivity index (χ4n) is 2.34. The van der Waals surface area contributed by atoms with E-state index in [9.17, 15) is 18.5 Å². The van der Waals surface area contributed by atoms with Crippen LogP contribution in [0, 0.1) is 10.1 Å². The van der Waals surface area contributed by atoms with E-state index in [2.05, 4.69) is 4.72 Å². The zero-order valence-corrected chi connectivity index (χ0v) is 12.0. The monoisotopic (exact) mass is 299 g/mol. The molecule has 0 bridgehead atoms. The minimum atomic E-state index is -3.67. The van der Waals surface area contributed by atoms with Gasteiger partial charge in [-0.25, -0.2) is 13.1 Å². The highest BCUT2D eigenvalue weighted by Gasteiger charge is 2.24. The first-order valence-electron chi connectivity index (χ1n) is 6.42. The van der Waals surface area contributed by atoms with Crippen LogP contribution >= 0.6 is 0 Å². The van der Waals surface area contributed by atoms with Crippen LogP contribution in [0.3, 0.4) is 0 Å². The van der Waals surface area contributed by atoms with Gasteiger partial charge in [-0.15, -0.1) is 0 Å². The summed E-state index contributed by atoms with van der Waals surface area (Å²) in [5.74, 6) is 0. The highest BCUT2D eigenvalue weighted by Crippen LogP contribution is 2.32. The van der Waals surface area contributed by atoms with Crippen molar-refractivity contribution in [3.8, 4) is 0 Å². The van der Waals surface area contributed by atoms with Crippen LogP contribution in [-0.2, 0) is 10.0 Å². The van der Waals surface area contributed by atoms with Gasteiger partial charge in [-0.3, -0.25) is 10.1 Å². The molecule has 0 radical (unpaired) electrons. The molecule has 7 nitrogen and oxygen atoms in total. The van der Waals surface area contributed by atoms with E-state index in [0.717, 1.165) is 38.4 Å². The van der Waals surface area contributed by atoms with Crippen LogP contribution < -0.4 is 9.62 Å². The van der Waals surface area contributed by atoms with E-state index in [1.54, 1.807) is 0 Å². The van der Waals surface area contributed by atoms with E-state index in [0.29, 0.717) is 5.69 Å². The van der Waals surface area contributed by atoms with Gasteiger partial charge in [0.2, 0.25) is 10.0 Å². The van der Waals surface area contributed by atoms with Crippen LogP contribution in [-0.4, -0.2) is 33.5 Å². The first kappa shape index (κ1) is 14.7. The SMILES string of the molecule is CNS(=O)(=O)c1ccc(N2CCCCC2)c([N+](=O)[O-])c1. The Balaban J connectivity index is 2.46. The highest BCUT2D eigenvalue weighted by atomic mass is 32.2. The molecule has 0 spiro atoms. The smallest absolute Gasteiger partial charge is 0.293 e. The van der Waals surface area contributed by atoms with Gasteiger partial charge in [0, 0.05) is 19.2 Å². The molecule has 1 aliphatic rings. The van der Waals surface area contributed by atoms with Crippen molar-refractivity contribution < 1.29 is 13.3 Å². The number of benzene rings is 1. The molecular weight excluding hydrogens is 282 g/mol. The topological polar surface area (TPSA) is 92.6 Å². The fourth-order valence-corrected chi connectivity index (χ4v) is 3.09. The van der Waals surface area contributed by atoms with Crippen LogP contribution in [0.2, 0.25) is 0 Å². The van der Waals surface area contributed by atoms with Crippen LogP contribution in [0.25, 0.3) is 0 Å². The lowest BCUT2D eigenvalue weighted by Crippen LogP contribution is -2.30. The molecular formula is C12H17N3O4S. The van der Waals surface area contributed by atoms with Crippen molar-refractivity contribution in [1.82, 2.24) is 4.72 Å². The Morgan fingerprint density at radius 2 is 1.90 bits per heavy atom. The van der Waals surface area contributed by atoms with Gasteiger partial charge >= 0.3 is 0 Å². The number of hydrogen-bond donors (Lipinski definition) is 1. The van der Waals surface area contributed by atoms with Gasteiger partial charge in [0.1, 0.15) is 5.69 Å². The van der Waals surface area contributed by atoms with Gasteiger partial charge < -0.3 is 4.90 Å².